The minimum atomic E-state index is -1.88. The van der Waals surface area contributed by atoms with Gasteiger partial charge in [-0.2, -0.15) is 0 Å². The fourth-order valence-corrected chi connectivity index (χ4v) is 1.24. The molecular formula is C10H19NO7. The summed E-state index contributed by atoms with van der Waals surface area (Å²) in [6.45, 7) is 0.351. The highest BCUT2D eigenvalue weighted by Crippen LogP contribution is 2.01. The molecule has 106 valence electrons. The highest BCUT2D eigenvalue weighted by atomic mass is 16.4. The summed E-state index contributed by atoms with van der Waals surface area (Å²) in [5.74, 6) is -1.99. The van der Waals surface area contributed by atoms with Crippen LogP contribution in [-0.4, -0.2) is 74.8 Å². The Morgan fingerprint density at radius 2 is 1.78 bits per heavy atom. The van der Waals surface area contributed by atoms with E-state index in [1.165, 1.54) is 0 Å². The van der Waals surface area contributed by atoms with Crippen LogP contribution in [0, 0.1) is 0 Å². The molecule has 4 unspecified atom stereocenters. The Bertz CT molecular complexity index is 283. The first-order chi connectivity index (χ1) is 8.34. The van der Waals surface area contributed by atoms with Gasteiger partial charge < -0.3 is 25.5 Å². The molecule has 0 fully saturated rings. The molecule has 0 spiro atoms. The van der Waals surface area contributed by atoms with Gasteiger partial charge in [0, 0.05) is 0 Å². The summed E-state index contributed by atoms with van der Waals surface area (Å²) in [5.41, 5.74) is 0. The van der Waals surface area contributed by atoms with Gasteiger partial charge in [-0.05, 0) is 6.42 Å². The average Bonchev–Trinajstić information content (AvgIpc) is 2.35. The molecule has 4 atom stereocenters. The lowest BCUT2D eigenvalue weighted by Crippen LogP contribution is -2.48. The van der Waals surface area contributed by atoms with Crippen molar-refractivity contribution in [2.75, 3.05) is 13.2 Å². The van der Waals surface area contributed by atoms with Crippen LogP contribution in [0.25, 0.3) is 0 Å². The second-order valence-corrected chi connectivity index (χ2v) is 3.83. The lowest BCUT2D eigenvalue weighted by Gasteiger charge is -2.21. The molecule has 0 amide bonds. The quantitative estimate of drug-likeness (QED) is 0.260. The fourth-order valence-electron chi connectivity index (χ4n) is 1.24. The summed E-state index contributed by atoms with van der Waals surface area (Å²) < 4.78 is 0. The van der Waals surface area contributed by atoms with Crippen LogP contribution in [0.2, 0.25) is 0 Å². The van der Waals surface area contributed by atoms with Gasteiger partial charge >= 0.3 is 5.97 Å². The number of carbonyl (C=O) groups excluding carboxylic acids is 1. The Hall–Kier alpha value is -1.06. The zero-order valence-electron chi connectivity index (χ0n) is 9.98. The summed E-state index contributed by atoms with van der Waals surface area (Å²) in [6, 6.07) is -0.930. The Morgan fingerprint density at radius 1 is 1.22 bits per heavy atom. The Balaban J connectivity index is 4.28. The number of Topliss-reactive ketones (excluding diaryl/α,β-unsaturated/α-hetero) is 1. The van der Waals surface area contributed by atoms with Crippen LogP contribution >= 0.6 is 0 Å². The van der Waals surface area contributed by atoms with Crippen molar-refractivity contribution in [2.24, 2.45) is 0 Å². The van der Waals surface area contributed by atoms with E-state index in [-0.39, 0.29) is 6.42 Å². The van der Waals surface area contributed by atoms with Crippen molar-refractivity contribution in [3.05, 3.63) is 0 Å². The highest BCUT2D eigenvalue weighted by Gasteiger charge is 2.30. The van der Waals surface area contributed by atoms with E-state index in [0.29, 0.717) is 0 Å². The smallest absolute Gasteiger partial charge is 0.320 e. The second-order valence-electron chi connectivity index (χ2n) is 3.83. The molecule has 0 bridgehead atoms. The van der Waals surface area contributed by atoms with Crippen LogP contribution in [0.1, 0.15) is 13.3 Å². The number of aliphatic hydroxyl groups is 4. The Kier molecular flexibility index (Phi) is 7.64. The molecule has 0 heterocycles. The van der Waals surface area contributed by atoms with Crippen LogP contribution in [0.5, 0.6) is 0 Å². The number of carbonyl (C=O) groups is 2. The van der Waals surface area contributed by atoms with Crippen molar-refractivity contribution < 1.29 is 35.1 Å². The molecule has 6 N–H and O–H groups in total. The van der Waals surface area contributed by atoms with Gasteiger partial charge in [0.1, 0.15) is 24.4 Å². The maximum absolute atomic E-state index is 11.4. The van der Waals surface area contributed by atoms with E-state index in [1.54, 1.807) is 6.92 Å². The van der Waals surface area contributed by atoms with Gasteiger partial charge in [-0.3, -0.25) is 14.9 Å². The number of rotatable bonds is 9. The molecule has 0 aromatic heterocycles. The predicted molar refractivity (Wildman–Crippen MR) is 59.8 cm³/mol. The summed E-state index contributed by atoms with van der Waals surface area (Å²) in [7, 11) is 0. The van der Waals surface area contributed by atoms with E-state index in [1.807, 2.05) is 0 Å². The second kappa shape index (κ2) is 8.11. The molecule has 0 aromatic rings. The molecule has 8 heteroatoms. The molecule has 18 heavy (non-hydrogen) atoms. The van der Waals surface area contributed by atoms with Gasteiger partial charge in [0.2, 0.25) is 0 Å². The lowest BCUT2D eigenvalue weighted by molar-refractivity contribution is -0.141. The summed E-state index contributed by atoms with van der Waals surface area (Å²) in [5, 5.41) is 47.3. The lowest BCUT2D eigenvalue weighted by atomic mass is 10.0. The van der Waals surface area contributed by atoms with E-state index < -0.39 is 49.3 Å². The molecule has 0 aliphatic heterocycles. The van der Waals surface area contributed by atoms with E-state index >= 15 is 0 Å². The third-order valence-corrected chi connectivity index (χ3v) is 2.46. The van der Waals surface area contributed by atoms with E-state index in [4.69, 9.17) is 15.3 Å². The normalized spacial score (nSPS) is 17.8. The molecule has 0 rings (SSSR count). The van der Waals surface area contributed by atoms with Crippen molar-refractivity contribution in [3.63, 3.8) is 0 Å². The zero-order valence-corrected chi connectivity index (χ0v) is 9.98. The molecule has 0 saturated heterocycles. The van der Waals surface area contributed by atoms with Gasteiger partial charge in [0.15, 0.2) is 5.78 Å². The number of hydrogen-bond donors (Lipinski definition) is 6. The molecular weight excluding hydrogens is 246 g/mol. The third kappa shape index (κ3) is 5.07. The third-order valence-electron chi connectivity index (χ3n) is 2.46. The van der Waals surface area contributed by atoms with Crippen LogP contribution in [0.4, 0.5) is 0 Å². The van der Waals surface area contributed by atoms with Gasteiger partial charge in [-0.25, -0.2) is 0 Å². The minimum Gasteiger partial charge on any atom is -0.480 e. The average molecular weight is 265 g/mol. The van der Waals surface area contributed by atoms with Crippen molar-refractivity contribution in [2.45, 2.75) is 37.7 Å². The van der Waals surface area contributed by atoms with E-state index in [0.717, 1.165) is 0 Å². The van der Waals surface area contributed by atoms with Gasteiger partial charge in [-0.1, -0.05) is 6.92 Å². The fraction of sp³-hybridized carbons (Fsp3) is 0.800. The topological polar surface area (TPSA) is 147 Å². The predicted octanol–water partition coefficient (Wildman–Crippen LogP) is -2.92. The number of aliphatic carboxylic acids is 1. The number of carboxylic acid groups (broad SMARTS) is 1. The summed E-state index contributed by atoms with van der Waals surface area (Å²) >= 11 is 0. The van der Waals surface area contributed by atoms with Crippen molar-refractivity contribution >= 4 is 11.8 Å². The van der Waals surface area contributed by atoms with Gasteiger partial charge in [-0.15, -0.1) is 0 Å². The molecule has 0 aliphatic carbocycles. The van der Waals surface area contributed by atoms with Gasteiger partial charge in [0.25, 0.3) is 0 Å². The number of hydrogen-bond acceptors (Lipinski definition) is 7. The molecule has 0 saturated carbocycles. The Morgan fingerprint density at radius 3 is 2.17 bits per heavy atom. The maximum atomic E-state index is 11.4. The first-order valence-corrected chi connectivity index (χ1v) is 5.49. The number of aliphatic hydroxyl groups excluding tert-OH is 4. The van der Waals surface area contributed by atoms with Crippen LogP contribution in [-0.2, 0) is 9.59 Å². The number of nitrogens with one attached hydrogen (secondary N) is 1. The van der Waals surface area contributed by atoms with Crippen molar-refractivity contribution in [1.82, 2.24) is 5.32 Å². The largest absolute Gasteiger partial charge is 0.480 e. The highest BCUT2D eigenvalue weighted by molar-refractivity contribution is 5.86. The standard InChI is InChI=1S/C10H19NO7/c1-2-5(10(17)18)11-3-6(13)8(15)9(16)7(14)4-12/h5,7-9,11-12,14-16H,2-4H2,1H3,(H,17,18). The summed E-state index contributed by atoms with van der Waals surface area (Å²) in [6.07, 6.45) is -5.08. The van der Waals surface area contributed by atoms with Crippen molar-refractivity contribution in [3.8, 4) is 0 Å². The minimum absolute atomic E-state index is 0.251. The van der Waals surface area contributed by atoms with Crippen molar-refractivity contribution in [1.29, 1.82) is 0 Å². The molecule has 8 nitrogen and oxygen atoms in total. The molecule has 0 aliphatic rings. The number of carboxylic acids is 1. The SMILES string of the molecule is CCC(NCC(=O)C(O)C(O)C(O)CO)C(=O)O. The molecule has 0 aromatic carbocycles. The van der Waals surface area contributed by atoms with Crippen LogP contribution in [0.3, 0.4) is 0 Å². The zero-order chi connectivity index (χ0) is 14.3. The monoisotopic (exact) mass is 265 g/mol. The van der Waals surface area contributed by atoms with E-state index in [2.05, 4.69) is 5.32 Å². The van der Waals surface area contributed by atoms with E-state index in [9.17, 15) is 19.8 Å². The van der Waals surface area contributed by atoms with Gasteiger partial charge in [0.05, 0.1) is 13.2 Å². The maximum Gasteiger partial charge on any atom is 0.320 e. The summed E-state index contributed by atoms with van der Waals surface area (Å²) in [4.78, 5) is 22.0. The molecule has 0 radical (unpaired) electrons. The Labute approximate surface area is 104 Å². The first-order valence-electron chi connectivity index (χ1n) is 5.49. The first kappa shape index (κ1) is 16.9. The van der Waals surface area contributed by atoms with Crippen LogP contribution in [0.15, 0.2) is 0 Å². The number of ketones is 1. The van der Waals surface area contributed by atoms with Crippen LogP contribution < -0.4 is 5.32 Å².